The number of anilines is 1. The van der Waals surface area contributed by atoms with Gasteiger partial charge in [-0.25, -0.2) is 22.8 Å². The van der Waals surface area contributed by atoms with E-state index >= 15 is 0 Å². The zero-order chi connectivity index (χ0) is 24.7. The number of aromatic nitrogens is 2. The lowest BCUT2D eigenvalue weighted by atomic mass is 9.97. The molecule has 0 saturated carbocycles. The zero-order valence-corrected chi connectivity index (χ0v) is 21.8. The van der Waals surface area contributed by atoms with Crippen LogP contribution in [0.15, 0.2) is 29.2 Å². The molecule has 36 heavy (non-hydrogen) atoms. The van der Waals surface area contributed by atoms with E-state index < -0.39 is 15.8 Å². The molecule has 2 fully saturated rings. The molecule has 11 heteroatoms. The van der Waals surface area contributed by atoms with E-state index in [9.17, 15) is 12.8 Å². The van der Waals surface area contributed by atoms with Gasteiger partial charge in [-0.3, -0.25) is 4.90 Å². The molecule has 2 saturated heterocycles. The Morgan fingerprint density at radius 1 is 1.00 bits per heavy atom. The molecule has 192 valence electrons. The number of hydrogen-bond donors (Lipinski definition) is 0. The number of rotatable bonds is 5. The number of halogens is 1. The highest BCUT2D eigenvalue weighted by atomic mass is 32.2. The number of sulfonamides is 1. The van der Waals surface area contributed by atoms with Crippen molar-refractivity contribution in [2.45, 2.75) is 37.1 Å². The first-order chi connectivity index (χ1) is 17.5. The lowest BCUT2D eigenvalue weighted by Crippen LogP contribution is -2.49. The van der Waals surface area contributed by atoms with Crippen molar-refractivity contribution >= 4 is 37.4 Å². The summed E-state index contributed by atoms with van der Waals surface area (Å²) < 4.78 is 46.9. The molecule has 0 N–H and O–H groups in total. The second kappa shape index (κ2) is 9.94. The van der Waals surface area contributed by atoms with Crippen LogP contribution in [-0.4, -0.2) is 80.1 Å². The van der Waals surface area contributed by atoms with Crippen LogP contribution in [0, 0.1) is 5.82 Å². The summed E-state index contributed by atoms with van der Waals surface area (Å²) in [4.78, 5) is 17.1. The van der Waals surface area contributed by atoms with E-state index in [0.717, 1.165) is 67.1 Å². The largest absolute Gasteiger partial charge is 0.379 e. The van der Waals surface area contributed by atoms with Crippen molar-refractivity contribution in [3.05, 3.63) is 46.3 Å². The van der Waals surface area contributed by atoms with Gasteiger partial charge in [0.25, 0.3) is 0 Å². The Morgan fingerprint density at radius 2 is 1.78 bits per heavy atom. The van der Waals surface area contributed by atoms with Gasteiger partial charge in [0.1, 0.15) is 22.3 Å². The highest BCUT2D eigenvalue weighted by Gasteiger charge is 2.31. The maximum atomic E-state index is 13.7. The normalized spacial score (nSPS) is 20.1. The standard InChI is InChI=1S/C25H30FN5O3S2/c26-18-4-3-5-19(16-18)36(32,33)31-10-8-30(9-11-31)24-23-20-6-1-2-7-21(20)35-25(23)28-22(27-24)17-29-12-14-34-15-13-29/h3-5,16H,1-2,6-15,17H2. The number of nitrogens with zero attached hydrogens (tertiary/aromatic N) is 5. The second-order valence-electron chi connectivity index (χ2n) is 9.59. The van der Waals surface area contributed by atoms with E-state index in [4.69, 9.17) is 14.7 Å². The highest BCUT2D eigenvalue weighted by Crippen LogP contribution is 2.40. The molecule has 0 unspecified atom stereocenters. The number of aryl methyl sites for hydroxylation is 2. The Kier molecular flexibility index (Phi) is 6.67. The number of morpholine rings is 1. The minimum absolute atomic E-state index is 0.0000723. The molecule has 1 aliphatic carbocycles. The van der Waals surface area contributed by atoms with Crippen LogP contribution in [0.4, 0.5) is 10.2 Å². The highest BCUT2D eigenvalue weighted by molar-refractivity contribution is 7.89. The average Bonchev–Trinajstić information content (AvgIpc) is 3.27. The summed E-state index contributed by atoms with van der Waals surface area (Å²) >= 11 is 1.79. The summed E-state index contributed by atoms with van der Waals surface area (Å²) in [5.41, 5.74) is 1.38. The predicted molar refractivity (Wildman–Crippen MR) is 138 cm³/mol. The van der Waals surface area contributed by atoms with E-state index in [1.165, 1.54) is 45.8 Å². The molecule has 0 atom stereocenters. The third-order valence-electron chi connectivity index (χ3n) is 7.28. The molecule has 6 rings (SSSR count). The Balaban J connectivity index is 1.29. The molecule has 3 aromatic rings. The van der Waals surface area contributed by atoms with Crippen molar-refractivity contribution < 1.29 is 17.5 Å². The summed E-state index contributed by atoms with van der Waals surface area (Å²) in [6.07, 6.45) is 4.52. The number of piperazine rings is 1. The minimum Gasteiger partial charge on any atom is -0.379 e. The van der Waals surface area contributed by atoms with Crippen molar-refractivity contribution in [2.24, 2.45) is 0 Å². The summed E-state index contributed by atoms with van der Waals surface area (Å²) in [5, 5.41) is 1.15. The van der Waals surface area contributed by atoms with Gasteiger partial charge in [-0.15, -0.1) is 11.3 Å². The van der Waals surface area contributed by atoms with Crippen molar-refractivity contribution in [1.82, 2.24) is 19.2 Å². The predicted octanol–water partition coefficient (Wildman–Crippen LogP) is 3.05. The van der Waals surface area contributed by atoms with E-state index in [0.29, 0.717) is 32.7 Å². The Bertz CT molecular complexity index is 1370. The molecule has 4 heterocycles. The number of hydrogen-bond acceptors (Lipinski definition) is 8. The second-order valence-corrected chi connectivity index (χ2v) is 12.6. The lowest BCUT2D eigenvalue weighted by Gasteiger charge is -2.35. The van der Waals surface area contributed by atoms with Crippen LogP contribution in [0.5, 0.6) is 0 Å². The van der Waals surface area contributed by atoms with E-state index in [1.807, 2.05) is 0 Å². The smallest absolute Gasteiger partial charge is 0.243 e. The van der Waals surface area contributed by atoms with Gasteiger partial charge >= 0.3 is 0 Å². The van der Waals surface area contributed by atoms with E-state index in [2.05, 4.69) is 9.80 Å². The molecular weight excluding hydrogens is 501 g/mol. The molecule has 2 aromatic heterocycles. The van der Waals surface area contributed by atoms with Crippen LogP contribution in [-0.2, 0) is 34.1 Å². The first-order valence-corrected chi connectivity index (χ1v) is 14.9. The SMILES string of the molecule is O=S(=O)(c1cccc(F)c1)N1CCN(c2nc(CN3CCOCC3)nc3sc4c(c23)CCCC4)CC1. The zero-order valence-electron chi connectivity index (χ0n) is 20.2. The Labute approximate surface area is 214 Å². The fourth-order valence-electron chi connectivity index (χ4n) is 5.36. The van der Waals surface area contributed by atoms with E-state index in [-0.39, 0.29) is 4.90 Å². The number of fused-ring (bicyclic) bond motifs is 3. The maximum Gasteiger partial charge on any atom is 0.243 e. The fraction of sp³-hybridized carbons (Fsp3) is 0.520. The van der Waals surface area contributed by atoms with Gasteiger partial charge in [0.15, 0.2) is 0 Å². The van der Waals surface area contributed by atoms with E-state index in [1.54, 1.807) is 11.3 Å². The fourth-order valence-corrected chi connectivity index (χ4v) is 8.09. The third-order valence-corrected chi connectivity index (χ3v) is 10.4. The minimum atomic E-state index is -3.75. The molecule has 0 amide bonds. The van der Waals surface area contributed by atoms with Gasteiger partial charge in [-0.1, -0.05) is 6.07 Å². The third kappa shape index (κ3) is 4.63. The topological polar surface area (TPSA) is 78.9 Å². The Morgan fingerprint density at radius 3 is 2.56 bits per heavy atom. The number of ether oxygens (including phenoxy) is 1. The van der Waals surface area contributed by atoms with Crippen LogP contribution >= 0.6 is 11.3 Å². The summed E-state index contributed by atoms with van der Waals surface area (Å²) in [6.45, 7) is 5.59. The maximum absolute atomic E-state index is 13.7. The first-order valence-electron chi connectivity index (χ1n) is 12.6. The van der Waals surface area contributed by atoms with Gasteiger partial charge < -0.3 is 9.64 Å². The van der Waals surface area contributed by atoms with Crippen LogP contribution in [0.2, 0.25) is 0 Å². The molecule has 0 radical (unpaired) electrons. The molecule has 0 bridgehead atoms. The van der Waals surface area contributed by atoms with Gasteiger partial charge in [-0.2, -0.15) is 4.31 Å². The van der Waals surface area contributed by atoms with Crippen LogP contribution in [0.25, 0.3) is 10.2 Å². The van der Waals surface area contributed by atoms with Crippen LogP contribution < -0.4 is 4.90 Å². The van der Waals surface area contributed by atoms with Gasteiger partial charge in [0, 0.05) is 44.1 Å². The molecular formula is C25H30FN5O3S2. The molecule has 8 nitrogen and oxygen atoms in total. The van der Waals surface area contributed by atoms with Crippen molar-refractivity contribution in [1.29, 1.82) is 0 Å². The Hall–Kier alpha value is -2.18. The summed E-state index contributed by atoms with van der Waals surface area (Å²) in [7, 11) is -3.75. The van der Waals surface area contributed by atoms with Crippen molar-refractivity contribution in [3.8, 4) is 0 Å². The van der Waals surface area contributed by atoms with Gasteiger partial charge in [0.05, 0.1) is 30.0 Å². The molecule has 1 aromatic carbocycles. The summed E-state index contributed by atoms with van der Waals surface area (Å²) in [5.74, 6) is 1.20. The molecule has 2 aliphatic heterocycles. The lowest BCUT2D eigenvalue weighted by molar-refractivity contribution is 0.0331. The van der Waals surface area contributed by atoms with Gasteiger partial charge in [-0.05, 0) is 49.4 Å². The van der Waals surface area contributed by atoms with Crippen LogP contribution in [0.3, 0.4) is 0 Å². The molecule has 0 spiro atoms. The number of thiophene rings is 1. The quantitative estimate of drug-likeness (QED) is 0.501. The monoisotopic (exact) mass is 531 g/mol. The average molecular weight is 532 g/mol. The first kappa shape index (κ1) is 24.2. The summed E-state index contributed by atoms with van der Waals surface area (Å²) in [6, 6.07) is 5.23. The van der Waals surface area contributed by atoms with Crippen molar-refractivity contribution in [2.75, 3.05) is 57.4 Å². The van der Waals surface area contributed by atoms with Crippen molar-refractivity contribution in [3.63, 3.8) is 0 Å². The molecule has 3 aliphatic rings. The van der Waals surface area contributed by atoms with Crippen LogP contribution in [0.1, 0.15) is 29.1 Å². The number of benzene rings is 1. The van der Waals surface area contributed by atoms with Gasteiger partial charge in [0.2, 0.25) is 10.0 Å².